The van der Waals surface area contributed by atoms with Crippen LogP contribution in [0.15, 0.2) is 65.7 Å². The summed E-state index contributed by atoms with van der Waals surface area (Å²) in [6, 6.07) is 14.7. The molecule has 0 spiro atoms. The monoisotopic (exact) mass is 303 g/mol. The number of carbonyl (C=O) groups excluding carboxylic acids is 1. The summed E-state index contributed by atoms with van der Waals surface area (Å²) in [5.41, 5.74) is 2.75. The van der Waals surface area contributed by atoms with Crippen LogP contribution < -0.4 is 5.56 Å². The van der Waals surface area contributed by atoms with Gasteiger partial charge in [-0.1, -0.05) is 24.3 Å². The van der Waals surface area contributed by atoms with Gasteiger partial charge >= 0.3 is 0 Å². The molecule has 1 aromatic carbocycles. The number of hydrogen-bond donors (Lipinski definition) is 0. The Hall–Kier alpha value is -3.21. The molecule has 0 atom stereocenters. The van der Waals surface area contributed by atoms with Gasteiger partial charge in [0.2, 0.25) is 0 Å². The lowest BCUT2D eigenvalue weighted by atomic mass is 10.2. The molecule has 0 bridgehead atoms. The van der Waals surface area contributed by atoms with Crippen molar-refractivity contribution in [2.24, 2.45) is 0 Å². The van der Waals surface area contributed by atoms with Crippen molar-refractivity contribution in [1.29, 1.82) is 0 Å². The Morgan fingerprint density at radius 3 is 2.78 bits per heavy atom. The van der Waals surface area contributed by atoms with Crippen LogP contribution in [0.25, 0.3) is 16.6 Å². The lowest BCUT2D eigenvalue weighted by Gasteiger charge is -2.06. The van der Waals surface area contributed by atoms with E-state index in [-0.39, 0.29) is 5.56 Å². The Morgan fingerprint density at radius 2 is 1.91 bits per heavy atom. The topological polar surface area (TPSA) is 56.4 Å². The molecule has 5 heteroatoms. The number of aldehydes is 1. The minimum atomic E-state index is -0.113. The number of para-hydroxylation sites is 1. The second-order valence-electron chi connectivity index (χ2n) is 5.36. The van der Waals surface area contributed by atoms with E-state index in [9.17, 15) is 9.59 Å². The van der Waals surface area contributed by atoms with Crippen molar-refractivity contribution in [3.8, 4) is 0 Å². The zero-order valence-corrected chi connectivity index (χ0v) is 12.2. The van der Waals surface area contributed by atoms with E-state index in [1.807, 2.05) is 34.9 Å². The largest absolute Gasteiger partial charge is 0.341 e. The van der Waals surface area contributed by atoms with Crippen LogP contribution in [0.1, 0.15) is 16.1 Å². The molecule has 0 aliphatic carbocycles. The number of nitrogens with zero attached hydrogens (tertiary/aromatic N) is 3. The molecule has 0 amide bonds. The number of fused-ring (bicyclic) bond motifs is 2. The van der Waals surface area contributed by atoms with Crippen LogP contribution in [-0.2, 0) is 6.54 Å². The fraction of sp³-hybridized carbons (Fsp3) is 0.0556. The van der Waals surface area contributed by atoms with Gasteiger partial charge in [-0.25, -0.2) is 4.98 Å². The second kappa shape index (κ2) is 5.21. The van der Waals surface area contributed by atoms with Gasteiger partial charge < -0.3 is 4.57 Å². The molecule has 0 aliphatic heterocycles. The zero-order valence-electron chi connectivity index (χ0n) is 12.2. The molecule has 3 aromatic heterocycles. The first-order chi connectivity index (χ1) is 11.3. The minimum Gasteiger partial charge on any atom is -0.341 e. The van der Waals surface area contributed by atoms with Crippen molar-refractivity contribution >= 4 is 22.8 Å². The predicted molar refractivity (Wildman–Crippen MR) is 87.9 cm³/mol. The summed E-state index contributed by atoms with van der Waals surface area (Å²) in [6.07, 6.45) is 4.34. The van der Waals surface area contributed by atoms with Crippen LogP contribution in [0.5, 0.6) is 0 Å². The Morgan fingerprint density at radius 1 is 1.09 bits per heavy atom. The molecule has 4 rings (SSSR count). The standard InChI is InChI=1S/C18H13N3O2/c22-12-13-10-20(16-6-2-1-5-15(13)16)11-14-9-18(23)21-8-4-3-7-17(21)19-14/h1-10,12H,11H2. The van der Waals surface area contributed by atoms with Gasteiger partial charge in [-0.15, -0.1) is 0 Å². The van der Waals surface area contributed by atoms with E-state index >= 15 is 0 Å². The van der Waals surface area contributed by atoms with Gasteiger partial charge in [0.25, 0.3) is 5.56 Å². The van der Waals surface area contributed by atoms with Gasteiger partial charge in [-0.05, 0) is 18.2 Å². The van der Waals surface area contributed by atoms with Crippen molar-refractivity contribution in [3.05, 3.63) is 82.5 Å². The molecule has 4 aromatic rings. The van der Waals surface area contributed by atoms with Crippen molar-refractivity contribution in [2.75, 3.05) is 0 Å². The van der Waals surface area contributed by atoms with Crippen molar-refractivity contribution in [2.45, 2.75) is 6.54 Å². The molecule has 112 valence electrons. The summed E-state index contributed by atoms with van der Waals surface area (Å²) in [5.74, 6) is 0. The molecule has 23 heavy (non-hydrogen) atoms. The summed E-state index contributed by atoms with van der Waals surface area (Å²) >= 11 is 0. The van der Waals surface area contributed by atoms with Gasteiger partial charge in [-0.2, -0.15) is 0 Å². The predicted octanol–water partition coefficient (Wildman–Crippen LogP) is 2.51. The quantitative estimate of drug-likeness (QED) is 0.546. The molecule has 5 nitrogen and oxygen atoms in total. The summed E-state index contributed by atoms with van der Waals surface area (Å²) in [6.45, 7) is 0.439. The van der Waals surface area contributed by atoms with E-state index in [0.29, 0.717) is 23.4 Å². The smallest absolute Gasteiger partial charge is 0.258 e. The normalized spacial score (nSPS) is 11.1. The Kier molecular flexibility index (Phi) is 3.05. The molecule has 0 fully saturated rings. The van der Waals surface area contributed by atoms with E-state index < -0.39 is 0 Å². The summed E-state index contributed by atoms with van der Waals surface area (Å²) in [5, 5.41) is 0.903. The van der Waals surface area contributed by atoms with Crippen molar-refractivity contribution in [1.82, 2.24) is 14.0 Å². The number of hydrogen-bond acceptors (Lipinski definition) is 3. The number of benzene rings is 1. The van der Waals surface area contributed by atoms with Crippen LogP contribution in [0.4, 0.5) is 0 Å². The molecule has 3 heterocycles. The molecular weight excluding hydrogens is 290 g/mol. The molecular formula is C18H13N3O2. The minimum absolute atomic E-state index is 0.113. The maximum atomic E-state index is 12.2. The van der Waals surface area contributed by atoms with Crippen LogP contribution in [-0.4, -0.2) is 20.2 Å². The fourth-order valence-electron chi connectivity index (χ4n) is 2.86. The highest BCUT2D eigenvalue weighted by molar-refractivity contribution is 5.97. The van der Waals surface area contributed by atoms with E-state index in [4.69, 9.17) is 0 Å². The van der Waals surface area contributed by atoms with Crippen LogP contribution in [0, 0.1) is 0 Å². The third kappa shape index (κ3) is 2.23. The van der Waals surface area contributed by atoms with Gasteiger partial charge in [0.05, 0.1) is 12.2 Å². The third-order valence-electron chi connectivity index (χ3n) is 3.90. The second-order valence-corrected chi connectivity index (χ2v) is 5.36. The van der Waals surface area contributed by atoms with Crippen LogP contribution >= 0.6 is 0 Å². The van der Waals surface area contributed by atoms with Crippen molar-refractivity contribution in [3.63, 3.8) is 0 Å². The Balaban J connectivity index is 1.85. The summed E-state index contributed by atoms with van der Waals surface area (Å²) in [7, 11) is 0. The number of aromatic nitrogens is 3. The van der Waals surface area contributed by atoms with E-state index in [2.05, 4.69) is 4.98 Å². The van der Waals surface area contributed by atoms with Gasteiger partial charge in [0.15, 0.2) is 6.29 Å². The molecule has 0 radical (unpaired) electrons. The van der Waals surface area contributed by atoms with Gasteiger partial charge in [0.1, 0.15) is 5.65 Å². The first-order valence-electron chi connectivity index (χ1n) is 7.26. The first kappa shape index (κ1) is 13.5. The van der Waals surface area contributed by atoms with E-state index in [1.54, 1.807) is 24.5 Å². The average Bonchev–Trinajstić information content (AvgIpc) is 2.93. The lowest BCUT2D eigenvalue weighted by Crippen LogP contribution is -2.16. The maximum absolute atomic E-state index is 12.2. The van der Waals surface area contributed by atoms with Crippen LogP contribution in [0.3, 0.4) is 0 Å². The third-order valence-corrected chi connectivity index (χ3v) is 3.90. The highest BCUT2D eigenvalue weighted by Gasteiger charge is 2.09. The highest BCUT2D eigenvalue weighted by atomic mass is 16.1. The fourth-order valence-corrected chi connectivity index (χ4v) is 2.86. The summed E-state index contributed by atoms with van der Waals surface area (Å²) in [4.78, 5) is 27.9. The average molecular weight is 303 g/mol. The molecule has 0 saturated carbocycles. The Labute approximate surface area is 131 Å². The molecule has 0 saturated heterocycles. The molecule has 0 aliphatic rings. The number of pyridine rings is 1. The van der Waals surface area contributed by atoms with Gasteiger partial charge in [0, 0.05) is 34.9 Å². The number of rotatable bonds is 3. The molecule has 0 unspecified atom stereocenters. The maximum Gasteiger partial charge on any atom is 0.258 e. The van der Waals surface area contributed by atoms with E-state index in [1.165, 1.54) is 10.5 Å². The lowest BCUT2D eigenvalue weighted by molar-refractivity contribution is 0.112. The van der Waals surface area contributed by atoms with Crippen LogP contribution in [0.2, 0.25) is 0 Å². The van der Waals surface area contributed by atoms with E-state index in [0.717, 1.165) is 17.2 Å². The SMILES string of the molecule is O=Cc1cn(Cc2cc(=O)n3ccccc3n2)c2ccccc12. The van der Waals surface area contributed by atoms with Crippen molar-refractivity contribution < 1.29 is 4.79 Å². The molecule has 0 N–H and O–H groups in total. The summed E-state index contributed by atoms with van der Waals surface area (Å²) < 4.78 is 3.45. The number of carbonyl (C=O) groups is 1. The van der Waals surface area contributed by atoms with Gasteiger partial charge in [-0.3, -0.25) is 14.0 Å². The highest BCUT2D eigenvalue weighted by Crippen LogP contribution is 2.20. The first-order valence-corrected chi connectivity index (χ1v) is 7.26. The Bertz CT molecular complexity index is 1090. The zero-order chi connectivity index (χ0) is 15.8.